The third-order valence-corrected chi connectivity index (χ3v) is 5.20. The molecule has 0 spiro atoms. The van der Waals surface area contributed by atoms with Crippen molar-refractivity contribution >= 4 is 5.97 Å². The third kappa shape index (κ3) is 3.98. The predicted molar refractivity (Wildman–Crippen MR) is 85.3 cm³/mol. The number of piperidine rings is 1. The Balaban J connectivity index is 1.96. The molecule has 1 saturated heterocycles. The second kappa shape index (κ2) is 8.14. The van der Waals surface area contributed by atoms with Crippen molar-refractivity contribution in [1.82, 2.24) is 10.2 Å². The fourth-order valence-corrected chi connectivity index (χ4v) is 4.14. The van der Waals surface area contributed by atoms with E-state index in [1.807, 2.05) is 6.92 Å². The summed E-state index contributed by atoms with van der Waals surface area (Å²) in [5.41, 5.74) is -0.416. The smallest absolute Gasteiger partial charge is 0.326 e. The lowest BCUT2D eigenvalue weighted by atomic mass is 9.84. The van der Waals surface area contributed by atoms with Crippen LogP contribution in [0.15, 0.2) is 0 Å². The SMILES string of the molecule is CCNC1(C(=O)OCC)CCCC1CCN1CCCCC1. The van der Waals surface area contributed by atoms with Crippen LogP contribution < -0.4 is 5.32 Å². The molecule has 21 heavy (non-hydrogen) atoms. The van der Waals surface area contributed by atoms with E-state index in [0.717, 1.165) is 38.8 Å². The van der Waals surface area contributed by atoms with Crippen molar-refractivity contribution in [2.45, 2.75) is 64.3 Å². The summed E-state index contributed by atoms with van der Waals surface area (Å²) in [6.45, 7) is 8.90. The molecule has 0 amide bonds. The maximum atomic E-state index is 12.5. The van der Waals surface area contributed by atoms with Gasteiger partial charge in [0.1, 0.15) is 5.54 Å². The van der Waals surface area contributed by atoms with Gasteiger partial charge in [-0.2, -0.15) is 0 Å². The van der Waals surface area contributed by atoms with E-state index in [9.17, 15) is 4.79 Å². The fourth-order valence-electron chi connectivity index (χ4n) is 4.14. The summed E-state index contributed by atoms with van der Waals surface area (Å²) in [6, 6.07) is 0. The minimum atomic E-state index is -0.416. The van der Waals surface area contributed by atoms with Crippen LogP contribution >= 0.6 is 0 Å². The van der Waals surface area contributed by atoms with Crippen molar-refractivity contribution in [3.05, 3.63) is 0 Å². The lowest BCUT2D eigenvalue weighted by Gasteiger charge is -2.35. The second-order valence-corrected chi connectivity index (χ2v) is 6.50. The van der Waals surface area contributed by atoms with Crippen LogP contribution in [0.2, 0.25) is 0 Å². The summed E-state index contributed by atoms with van der Waals surface area (Å²) in [5.74, 6) is 0.409. The van der Waals surface area contributed by atoms with Crippen LogP contribution in [-0.4, -0.2) is 49.2 Å². The zero-order valence-corrected chi connectivity index (χ0v) is 13.8. The van der Waals surface area contributed by atoms with Gasteiger partial charge in [0.05, 0.1) is 6.61 Å². The molecule has 4 nitrogen and oxygen atoms in total. The van der Waals surface area contributed by atoms with Crippen LogP contribution in [0.3, 0.4) is 0 Å². The Morgan fingerprint density at radius 1 is 1.24 bits per heavy atom. The molecule has 1 saturated carbocycles. The Morgan fingerprint density at radius 2 is 2.00 bits per heavy atom. The highest BCUT2D eigenvalue weighted by Crippen LogP contribution is 2.39. The van der Waals surface area contributed by atoms with Crippen LogP contribution in [0.1, 0.15) is 58.8 Å². The molecule has 1 heterocycles. The van der Waals surface area contributed by atoms with E-state index in [1.54, 1.807) is 0 Å². The van der Waals surface area contributed by atoms with E-state index < -0.39 is 5.54 Å². The molecule has 0 aromatic rings. The molecule has 0 aromatic carbocycles. The van der Waals surface area contributed by atoms with Crippen LogP contribution in [0.25, 0.3) is 0 Å². The largest absolute Gasteiger partial charge is 0.465 e. The van der Waals surface area contributed by atoms with Crippen molar-refractivity contribution < 1.29 is 9.53 Å². The highest BCUT2D eigenvalue weighted by molar-refractivity contribution is 5.81. The van der Waals surface area contributed by atoms with E-state index in [-0.39, 0.29) is 5.97 Å². The number of hydrogen-bond acceptors (Lipinski definition) is 4. The molecule has 0 aromatic heterocycles. The maximum Gasteiger partial charge on any atom is 0.326 e. The summed E-state index contributed by atoms with van der Waals surface area (Å²) >= 11 is 0. The van der Waals surface area contributed by atoms with Crippen molar-refractivity contribution in [1.29, 1.82) is 0 Å². The molecule has 4 heteroatoms. The molecular formula is C17H32N2O2. The van der Waals surface area contributed by atoms with Gasteiger partial charge in [0.2, 0.25) is 0 Å². The van der Waals surface area contributed by atoms with E-state index in [0.29, 0.717) is 12.5 Å². The Kier molecular flexibility index (Phi) is 6.49. The minimum Gasteiger partial charge on any atom is -0.465 e. The number of nitrogens with one attached hydrogen (secondary N) is 1. The minimum absolute atomic E-state index is 0.0204. The zero-order chi connectivity index (χ0) is 15.1. The van der Waals surface area contributed by atoms with Crippen LogP contribution in [0, 0.1) is 5.92 Å². The highest BCUT2D eigenvalue weighted by Gasteiger charge is 2.49. The number of ether oxygens (including phenoxy) is 1. The molecular weight excluding hydrogens is 264 g/mol. The Bertz CT molecular complexity index is 329. The first-order chi connectivity index (χ1) is 10.2. The van der Waals surface area contributed by atoms with Gasteiger partial charge in [0, 0.05) is 0 Å². The monoisotopic (exact) mass is 296 g/mol. The molecule has 0 bridgehead atoms. The normalized spacial score (nSPS) is 30.5. The molecule has 2 fully saturated rings. The molecule has 1 aliphatic carbocycles. The molecule has 2 atom stereocenters. The third-order valence-electron chi connectivity index (χ3n) is 5.20. The van der Waals surface area contributed by atoms with Crippen LogP contribution in [0.5, 0.6) is 0 Å². The van der Waals surface area contributed by atoms with Crippen molar-refractivity contribution in [2.75, 3.05) is 32.8 Å². The Morgan fingerprint density at radius 3 is 2.67 bits per heavy atom. The number of hydrogen-bond donors (Lipinski definition) is 1. The topological polar surface area (TPSA) is 41.6 Å². The van der Waals surface area contributed by atoms with Gasteiger partial charge < -0.3 is 15.0 Å². The number of carbonyl (C=O) groups is 1. The molecule has 2 rings (SSSR count). The van der Waals surface area contributed by atoms with Crippen LogP contribution in [0.4, 0.5) is 0 Å². The second-order valence-electron chi connectivity index (χ2n) is 6.50. The summed E-state index contributed by atoms with van der Waals surface area (Å²) in [7, 11) is 0. The van der Waals surface area contributed by atoms with E-state index in [1.165, 1.54) is 32.4 Å². The fraction of sp³-hybridized carbons (Fsp3) is 0.941. The van der Waals surface area contributed by atoms with Crippen molar-refractivity contribution in [2.24, 2.45) is 5.92 Å². The van der Waals surface area contributed by atoms with Gasteiger partial charge in [-0.1, -0.05) is 19.8 Å². The van der Waals surface area contributed by atoms with Crippen molar-refractivity contribution in [3.63, 3.8) is 0 Å². The number of esters is 1. The molecule has 2 unspecified atom stereocenters. The van der Waals surface area contributed by atoms with Gasteiger partial charge in [-0.15, -0.1) is 0 Å². The summed E-state index contributed by atoms with van der Waals surface area (Å²) in [4.78, 5) is 15.1. The quantitative estimate of drug-likeness (QED) is 0.733. The maximum absolute atomic E-state index is 12.5. The molecule has 2 aliphatic rings. The molecule has 122 valence electrons. The van der Waals surface area contributed by atoms with Gasteiger partial charge in [-0.05, 0) is 71.1 Å². The number of rotatable bonds is 7. The molecule has 1 N–H and O–H groups in total. The Labute approximate surface area is 129 Å². The van der Waals surface area contributed by atoms with Gasteiger partial charge in [0.25, 0.3) is 0 Å². The van der Waals surface area contributed by atoms with Gasteiger partial charge >= 0.3 is 5.97 Å². The van der Waals surface area contributed by atoms with Crippen molar-refractivity contribution in [3.8, 4) is 0 Å². The first-order valence-corrected chi connectivity index (χ1v) is 8.87. The lowest BCUT2D eigenvalue weighted by Crippen LogP contribution is -2.56. The number of likely N-dealkylation sites (N-methyl/N-ethyl adjacent to an activating group) is 1. The average molecular weight is 296 g/mol. The number of nitrogens with zero attached hydrogens (tertiary/aromatic N) is 1. The number of carbonyl (C=O) groups excluding carboxylic acids is 1. The van der Waals surface area contributed by atoms with Crippen LogP contribution in [-0.2, 0) is 9.53 Å². The lowest BCUT2D eigenvalue weighted by molar-refractivity contribution is -0.153. The van der Waals surface area contributed by atoms with Gasteiger partial charge in [0.15, 0.2) is 0 Å². The summed E-state index contributed by atoms with van der Waals surface area (Å²) < 4.78 is 5.39. The van der Waals surface area contributed by atoms with E-state index >= 15 is 0 Å². The standard InChI is InChI=1S/C17H32N2O2/c1-3-18-17(16(20)21-4-2)11-8-9-15(17)10-14-19-12-6-5-7-13-19/h15,18H,3-14H2,1-2H3. The first-order valence-electron chi connectivity index (χ1n) is 8.87. The average Bonchev–Trinajstić information content (AvgIpc) is 2.91. The molecule has 1 aliphatic heterocycles. The van der Waals surface area contributed by atoms with Gasteiger partial charge in [-0.3, -0.25) is 4.79 Å². The molecule has 0 radical (unpaired) electrons. The zero-order valence-electron chi connectivity index (χ0n) is 13.8. The summed E-state index contributed by atoms with van der Waals surface area (Å²) in [5, 5.41) is 3.49. The van der Waals surface area contributed by atoms with E-state index in [4.69, 9.17) is 4.74 Å². The number of likely N-dealkylation sites (tertiary alicyclic amines) is 1. The van der Waals surface area contributed by atoms with Gasteiger partial charge in [-0.25, -0.2) is 0 Å². The van der Waals surface area contributed by atoms with E-state index in [2.05, 4.69) is 17.1 Å². The first kappa shape index (κ1) is 16.8. The predicted octanol–water partition coefficient (Wildman–Crippen LogP) is 2.57. The summed E-state index contributed by atoms with van der Waals surface area (Å²) in [6.07, 6.45) is 8.39. The highest BCUT2D eigenvalue weighted by atomic mass is 16.5. The Hall–Kier alpha value is -0.610.